The molecular formula is C13H23N3OS. The van der Waals surface area contributed by atoms with E-state index in [1.165, 1.54) is 25.0 Å². The fourth-order valence-corrected chi connectivity index (χ4v) is 3.69. The molecule has 0 aromatic carbocycles. The Morgan fingerprint density at radius 2 is 2.22 bits per heavy atom. The smallest absolute Gasteiger partial charge is 0.226 e. The predicted octanol–water partition coefficient (Wildman–Crippen LogP) is 2.74. The average molecular weight is 269 g/mol. The maximum atomic E-state index is 5.15. The van der Waals surface area contributed by atoms with Crippen molar-refractivity contribution in [2.45, 2.75) is 57.4 Å². The molecule has 1 fully saturated rings. The quantitative estimate of drug-likeness (QED) is 0.794. The Morgan fingerprint density at radius 1 is 1.39 bits per heavy atom. The number of rotatable bonds is 6. The molecule has 102 valence electrons. The maximum Gasteiger partial charge on any atom is 0.226 e. The Balaban J connectivity index is 1.83. The van der Waals surface area contributed by atoms with Gasteiger partial charge in [-0.2, -0.15) is 16.7 Å². The first-order valence-corrected chi connectivity index (χ1v) is 7.91. The molecule has 0 amide bonds. The second-order valence-electron chi connectivity index (χ2n) is 4.92. The van der Waals surface area contributed by atoms with Gasteiger partial charge in [-0.25, -0.2) is 0 Å². The lowest BCUT2D eigenvalue weighted by Crippen LogP contribution is -2.29. The molecule has 1 aliphatic rings. The number of aromatic nitrogens is 2. The van der Waals surface area contributed by atoms with Crippen LogP contribution in [-0.2, 0) is 13.0 Å². The zero-order valence-corrected chi connectivity index (χ0v) is 12.4. The molecule has 2 atom stereocenters. The van der Waals surface area contributed by atoms with Crippen LogP contribution in [0.2, 0.25) is 0 Å². The summed E-state index contributed by atoms with van der Waals surface area (Å²) in [6.45, 7) is 5.08. The van der Waals surface area contributed by atoms with Gasteiger partial charge < -0.3 is 4.52 Å². The minimum atomic E-state index is 0.678. The first-order chi connectivity index (χ1) is 8.72. The second-order valence-corrected chi connectivity index (χ2v) is 6.49. The molecule has 0 aliphatic heterocycles. The van der Waals surface area contributed by atoms with Crippen LogP contribution >= 0.6 is 11.8 Å². The topological polar surface area (TPSA) is 42.2 Å². The van der Waals surface area contributed by atoms with Crippen molar-refractivity contribution in [2.75, 3.05) is 12.8 Å². The van der Waals surface area contributed by atoms with Gasteiger partial charge in [-0.05, 0) is 32.1 Å². The van der Waals surface area contributed by atoms with Crippen molar-refractivity contribution in [3.8, 4) is 0 Å². The summed E-state index contributed by atoms with van der Waals surface area (Å²) >= 11 is 2.10. The standard InChI is InChI=1S/C13H23N3OS/c1-4-13-14-12(15-17-13)9-16(3)10-6-7-11(8-10)18-5-2/h10-11H,4-9H2,1-3H3/t10-,11-/m0/s1. The molecule has 1 aromatic heterocycles. The minimum Gasteiger partial charge on any atom is -0.339 e. The lowest BCUT2D eigenvalue weighted by Gasteiger charge is -2.22. The molecule has 5 heteroatoms. The average Bonchev–Trinajstić information content (AvgIpc) is 2.98. The summed E-state index contributed by atoms with van der Waals surface area (Å²) in [5.41, 5.74) is 0. The molecule has 0 unspecified atom stereocenters. The van der Waals surface area contributed by atoms with Crippen LogP contribution in [-0.4, -0.2) is 39.1 Å². The lowest BCUT2D eigenvalue weighted by atomic mass is 10.2. The zero-order chi connectivity index (χ0) is 13.0. The third kappa shape index (κ3) is 3.48. The van der Waals surface area contributed by atoms with Gasteiger partial charge in [0.1, 0.15) is 0 Å². The van der Waals surface area contributed by atoms with Crippen LogP contribution in [0.5, 0.6) is 0 Å². The highest BCUT2D eigenvalue weighted by molar-refractivity contribution is 7.99. The summed E-state index contributed by atoms with van der Waals surface area (Å²) in [5, 5.41) is 4.87. The molecule has 0 radical (unpaired) electrons. The SMILES string of the molecule is CCS[C@H]1CC[C@H](N(C)Cc2noc(CC)n2)C1. The number of hydrogen-bond donors (Lipinski definition) is 0. The van der Waals surface area contributed by atoms with E-state index in [0.29, 0.717) is 6.04 Å². The Morgan fingerprint density at radius 3 is 2.89 bits per heavy atom. The first-order valence-electron chi connectivity index (χ1n) is 6.86. The van der Waals surface area contributed by atoms with Crippen molar-refractivity contribution in [1.82, 2.24) is 15.0 Å². The molecule has 1 aromatic rings. The fourth-order valence-electron chi connectivity index (χ4n) is 2.55. The maximum absolute atomic E-state index is 5.15. The molecule has 1 heterocycles. The van der Waals surface area contributed by atoms with E-state index in [1.807, 2.05) is 6.92 Å². The van der Waals surface area contributed by atoms with Gasteiger partial charge >= 0.3 is 0 Å². The van der Waals surface area contributed by atoms with Crippen LogP contribution in [0.15, 0.2) is 4.52 Å². The predicted molar refractivity (Wildman–Crippen MR) is 74.7 cm³/mol. The summed E-state index contributed by atoms with van der Waals surface area (Å²) in [6.07, 6.45) is 4.76. The van der Waals surface area contributed by atoms with E-state index in [-0.39, 0.29) is 0 Å². The summed E-state index contributed by atoms with van der Waals surface area (Å²) in [5.74, 6) is 2.79. The van der Waals surface area contributed by atoms with Gasteiger partial charge in [-0.1, -0.05) is 19.0 Å². The highest BCUT2D eigenvalue weighted by atomic mass is 32.2. The molecule has 0 saturated heterocycles. The second kappa shape index (κ2) is 6.57. The normalized spacial score (nSPS) is 24.0. The highest BCUT2D eigenvalue weighted by Crippen LogP contribution is 2.32. The van der Waals surface area contributed by atoms with Gasteiger partial charge in [0, 0.05) is 17.7 Å². The number of hydrogen-bond acceptors (Lipinski definition) is 5. The van der Waals surface area contributed by atoms with Crippen molar-refractivity contribution < 1.29 is 4.52 Å². The Kier molecular flexibility index (Phi) is 5.06. The third-order valence-electron chi connectivity index (χ3n) is 3.59. The van der Waals surface area contributed by atoms with Crippen LogP contribution in [0.25, 0.3) is 0 Å². The zero-order valence-electron chi connectivity index (χ0n) is 11.6. The van der Waals surface area contributed by atoms with Crippen LogP contribution in [0.3, 0.4) is 0 Å². The molecule has 0 spiro atoms. The van der Waals surface area contributed by atoms with Gasteiger partial charge in [0.25, 0.3) is 0 Å². The van der Waals surface area contributed by atoms with Crippen molar-refractivity contribution in [3.05, 3.63) is 11.7 Å². The van der Waals surface area contributed by atoms with Crippen molar-refractivity contribution in [3.63, 3.8) is 0 Å². The first kappa shape index (κ1) is 13.9. The summed E-state index contributed by atoms with van der Waals surface area (Å²) in [7, 11) is 2.17. The highest BCUT2D eigenvalue weighted by Gasteiger charge is 2.27. The molecule has 2 rings (SSSR count). The number of thioether (sulfide) groups is 1. The summed E-state index contributed by atoms with van der Waals surface area (Å²) in [4.78, 5) is 6.75. The molecular weight excluding hydrogens is 246 g/mol. The molecule has 1 saturated carbocycles. The van der Waals surface area contributed by atoms with Crippen LogP contribution < -0.4 is 0 Å². The van der Waals surface area contributed by atoms with Crippen molar-refractivity contribution in [2.24, 2.45) is 0 Å². The molecule has 1 aliphatic carbocycles. The summed E-state index contributed by atoms with van der Waals surface area (Å²) < 4.78 is 5.15. The van der Waals surface area contributed by atoms with Crippen LogP contribution in [0, 0.1) is 0 Å². The van der Waals surface area contributed by atoms with Crippen LogP contribution in [0.1, 0.15) is 44.8 Å². The van der Waals surface area contributed by atoms with E-state index < -0.39 is 0 Å². The molecule has 18 heavy (non-hydrogen) atoms. The van der Waals surface area contributed by atoms with Gasteiger partial charge in [-0.3, -0.25) is 4.90 Å². The van der Waals surface area contributed by atoms with E-state index in [4.69, 9.17) is 4.52 Å². The van der Waals surface area contributed by atoms with Gasteiger partial charge in [0.2, 0.25) is 5.89 Å². The van der Waals surface area contributed by atoms with Gasteiger partial charge in [0.15, 0.2) is 5.82 Å². The largest absolute Gasteiger partial charge is 0.339 e. The summed E-state index contributed by atoms with van der Waals surface area (Å²) in [6, 6.07) is 0.678. The number of nitrogens with zero attached hydrogens (tertiary/aromatic N) is 3. The molecule has 4 nitrogen and oxygen atoms in total. The molecule has 0 N–H and O–H groups in total. The van der Waals surface area contributed by atoms with Gasteiger partial charge in [0.05, 0.1) is 6.54 Å². The van der Waals surface area contributed by atoms with E-state index in [2.05, 4.69) is 40.8 Å². The van der Waals surface area contributed by atoms with Gasteiger partial charge in [-0.15, -0.1) is 0 Å². The van der Waals surface area contributed by atoms with E-state index in [9.17, 15) is 0 Å². The monoisotopic (exact) mass is 269 g/mol. The molecule has 0 bridgehead atoms. The minimum absolute atomic E-state index is 0.678. The third-order valence-corrected chi connectivity index (χ3v) is 4.82. The van der Waals surface area contributed by atoms with E-state index >= 15 is 0 Å². The fraction of sp³-hybridized carbons (Fsp3) is 0.846. The van der Waals surface area contributed by atoms with Crippen LogP contribution in [0.4, 0.5) is 0 Å². The van der Waals surface area contributed by atoms with Crippen molar-refractivity contribution >= 4 is 11.8 Å². The van der Waals surface area contributed by atoms with Crippen molar-refractivity contribution in [1.29, 1.82) is 0 Å². The Labute approximate surface area is 114 Å². The van der Waals surface area contributed by atoms with E-state index in [1.54, 1.807) is 0 Å². The lowest BCUT2D eigenvalue weighted by molar-refractivity contribution is 0.228. The number of aryl methyl sites for hydroxylation is 1. The van der Waals surface area contributed by atoms with E-state index in [0.717, 1.165) is 29.9 Å². The Hall–Kier alpha value is -0.550. The Bertz CT molecular complexity index is 369.